The third kappa shape index (κ3) is 4.64. The van der Waals surface area contributed by atoms with Crippen molar-refractivity contribution in [3.8, 4) is 0 Å². The minimum atomic E-state index is 0.664. The second kappa shape index (κ2) is 7.25. The SMILES string of the molecule is COCc1ccccc1NCCCN(C)C. The molecule has 0 radical (unpaired) electrons. The summed E-state index contributed by atoms with van der Waals surface area (Å²) in [5.74, 6) is 0. The van der Waals surface area contributed by atoms with Crippen LogP contribution < -0.4 is 5.32 Å². The lowest BCUT2D eigenvalue weighted by Gasteiger charge is -2.13. The quantitative estimate of drug-likeness (QED) is 0.716. The summed E-state index contributed by atoms with van der Waals surface area (Å²) < 4.78 is 5.16. The summed E-state index contributed by atoms with van der Waals surface area (Å²) in [6, 6.07) is 8.29. The molecule has 1 rings (SSSR count). The molecule has 0 fully saturated rings. The first kappa shape index (κ1) is 13.0. The van der Waals surface area contributed by atoms with E-state index in [0.717, 1.165) is 19.5 Å². The molecule has 90 valence electrons. The Balaban J connectivity index is 2.40. The Bertz CT molecular complexity index is 300. The van der Waals surface area contributed by atoms with E-state index in [9.17, 15) is 0 Å². The molecule has 0 spiro atoms. The summed E-state index contributed by atoms with van der Waals surface area (Å²) in [7, 11) is 5.92. The zero-order valence-corrected chi connectivity index (χ0v) is 10.5. The molecular formula is C13H22N2O. The molecule has 16 heavy (non-hydrogen) atoms. The molecule has 0 aromatic heterocycles. The van der Waals surface area contributed by atoms with Gasteiger partial charge in [-0.15, -0.1) is 0 Å². The molecule has 0 aliphatic carbocycles. The molecule has 0 aliphatic heterocycles. The van der Waals surface area contributed by atoms with Crippen LogP contribution in [0.25, 0.3) is 0 Å². The molecule has 3 nitrogen and oxygen atoms in total. The molecule has 0 unspecified atom stereocenters. The van der Waals surface area contributed by atoms with Crippen molar-refractivity contribution in [3.05, 3.63) is 29.8 Å². The van der Waals surface area contributed by atoms with Gasteiger partial charge in [-0.3, -0.25) is 0 Å². The number of benzene rings is 1. The minimum Gasteiger partial charge on any atom is -0.385 e. The van der Waals surface area contributed by atoms with Gasteiger partial charge in [-0.1, -0.05) is 18.2 Å². The first-order valence-electron chi connectivity index (χ1n) is 5.69. The molecule has 0 aliphatic rings. The van der Waals surface area contributed by atoms with Gasteiger partial charge < -0.3 is 15.0 Å². The van der Waals surface area contributed by atoms with Crippen molar-refractivity contribution < 1.29 is 4.74 Å². The van der Waals surface area contributed by atoms with Gasteiger partial charge in [0.2, 0.25) is 0 Å². The third-order valence-corrected chi connectivity index (χ3v) is 2.41. The molecule has 1 aromatic rings. The fraction of sp³-hybridized carbons (Fsp3) is 0.538. The van der Waals surface area contributed by atoms with Crippen LogP contribution in [0.3, 0.4) is 0 Å². The zero-order chi connectivity index (χ0) is 11.8. The zero-order valence-electron chi connectivity index (χ0n) is 10.5. The van der Waals surface area contributed by atoms with E-state index in [1.807, 2.05) is 12.1 Å². The van der Waals surface area contributed by atoms with Crippen molar-refractivity contribution in [2.75, 3.05) is 39.6 Å². The number of ether oxygens (including phenoxy) is 1. The fourth-order valence-corrected chi connectivity index (χ4v) is 1.59. The van der Waals surface area contributed by atoms with E-state index in [4.69, 9.17) is 4.74 Å². The van der Waals surface area contributed by atoms with Crippen LogP contribution >= 0.6 is 0 Å². The summed E-state index contributed by atoms with van der Waals surface area (Å²) in [6.07, 6.45) is 1.15. The molecule has 0 atom stereocenters. The van der Waals surface area contributed by atoms with Crippen molar-refractivity contribution in [2.45, 2.75) is 13.0 Å². The van der Waals surface area contributed by atoms with Crippen molar-refractivity contribution in [2.24, 2.45) is 0 Å². The monoisotopic (exact) mass is 222 g/mol. The van der Waals surface area contributed by atoms with Crippen molar-refractivity contribution >= 4 is 5.69 Å². The highest BCUT2D eigenvalue weighted by molar-refractivity contribution is 5.50. The van der Waals surface area contributed by atoms with Gasteiger partial charge in [-0.25, -0.2) is 0 Å². The number of rotatable bonds is 7. The molecule has 1 aromatic carbocycles. The Morgan fingerprint density at radius 1 is 1.25 bits per heavy atom. The van der Waals surface area contributed by atoms with Gasteiger partial charge in [0.05, 0.1) is 6.61 Å². The Labute approximate surface area is 98.4 Å². The largest absolute Gasteiger partial charge is 0.385 e. The maximum Gasteiger partial charge on any atom is 0.0733 e. The number of nitrogens with zero attached hydrogens (tertiary/aromatic N) is 1. The van der Waals surface area contributed by atoms with E-state index >= 15 is 0 Å². The van der Waals surface area contributed by atoms with E-state index in [-0.39, 0.29) is 0 Å². The number of hydrogen-bond donors (Lipinski definition) is 1. The molecule has 0 bridgehead atoms. The predicted molar refractivity (Wildman–Crippen MR) is 68.8 cm³/mol. The number of para-hydroxylation sites is 1. The Kier molecular flexibility index (Phi) is 5.90. The molecule has 0 saturated heterocycles. The highest BCUT2D eigenvalue weighted by Crippen LogP contribution is 2.15. The van der Waals surface area contributed by atoms with Gasteiger partial charge in [0.1, 0.15) is 0 Å². The van der Waals surface area contributed by atoms with Crippen LogP contribution in [0.5, 0.6) is 0 Å². The van der Waals surface area contributed by atoms with Crippen LogP contribution in [0, 0.1) is 0 Å². The second-order valence-corrected chi connectivity index (χ2v) is 4.17. The maximum atomic E-state index is 5.16. The Morgan fingerprint density at radius 3 is 2.69 bits per heavy atom. The van der Waals surface area contributed by atoms with E-state index in [0.29, 0.717) is 6.61 Å². The number of anilines is 1. The van der Waals surface area contributed by atoms with Gasteiger partial charge >= 0.3 is 0 Å². The van der Waals surface area contributed by atoms with Crippen LogP contribution in [0.4, 0.5) is 5.69 Å². The highest BCUT2D eigenvalue weighted by atomic mass is 16.5. The van der Waals surface area contributed by atoms with Crippen LogP contribution in [-0.2, 0) is 11.3 Å². The fourth-order valence-electron chi connectivity index (χ4n) is 1.59. The predicted octanol–water partition coefficient (Wildman–Crippen LogP) is 2.20. The number of hydrogen-bond acceptors (Lipinski definition) is 3. The van der Waals surface area contributed by atoms with Crippen LogP contribution in [0.2, 0.25) is 0 Å². The average Bonchev–Trinajstić information content (AvgIpc) is 2.26. The van der Waals surface area contributed by atoms with Crippen LogP contribution in [-0.4, -0.2) is 39.2 Å². The van der Waals surface area contributed by atoms with Gasteiger partial charge in [-0.05, 0) is 33.1 Å². The van der Waals surface area contributed by atoms with Gasteiger partial charge in [-0.2, -0.15) is 0 Å². The third-order valence-electron chi connectivity index (χ3n) is 2.41. The highest BCUT2D eigenvalue weighted by Gasteiger charge is 2.00. The molecule has 0 heterocycles. The summed E-state index contributed by atoms with van der Waals surface area (Å²) in [6.45, 7) is 2.77. The van der Waals surface area contributed by atoms with Gasteiger partial charge in [0.25, 0.3) is 0 Å². The van der Waals surface area contributed by atoms with Crippen molar-refractivity contribution in [1.82, 2.24) is 4.90 Å². The number of methoxy groups -OCH3 is 1. The summed E-state index contributed by atoms with van der Waals surface area (Å²) in [5, 5.41) is 3.45. The van der Waals surface area contributed by atoms with E-state index < -0.39 is 0 Å². The standard InChI is InChI=1S/C13H22N2O/c1-15(2)10-6-9-14-13-8-5-4-7-12(13)11-16-3/h4-5,7-8,14H,6,9-11H2,1-3H3. The lowest BCUT2D eigenvalue weighted by atomic mass is 10.2. The smallest absolute Gasteiger partial charge is 0.0733 e. The average molecular weight is 222 g/mol. The molecule has 0 saturated carbocycles. The van der Waals surface area contributed by atoms with Crippen LogP contribution in [0.15, 0.2) is 24.3 Å². The minimum absolute atomic E-state index is 0.664. The molecular weight excluding hydrogens is 200 g/mol. The maximum absolute atomic E-state index is 5.16. The van der Waals surface area contributed by atoms with Crippen LogP contribution in [0.1, 0.15) is 12.0 Å². The van der Waals surface area contributed by atoms with Gasteiger partial charge in [0, 0.05) is 24.9 Å². The van der Waals surface area contributed by atoms with Crippen molar-refractivity contribution in [3.63, 3.8) is 0 Å². The lowest BCUT2D eigenvalue weighted by Crippen LogP contribution is -2.16. The van der Waals surface area contributed by atoms with E-state index in [2.05, 4.69) is 36.4 Å². The molecule has 1 N–H and O–H groups in total. The van der Waals surface area contributed by atoms with E-state index in [1.165, 1.54) is 11.3 Å². The van der Waals surface area contributed by atoms with Crippen molar-refractivity contribution in [1.29, 1.82) is 0 Å². The first-order chi connectivity index (χ1) is 7.74. The van der Waals surface area contributed by atoms with E-state index in [1.54, 1.807) is 7.11 Å². The number of nitrogens with one attached hydrogen (secondary N) is 1. The van der Waals surface area contributed by atoms with Gasteiger partial charge in [0.15, 0.2) is 0 Å². The topological polar surface area (TPSA) is 24.5 Å². The normalized spacial score (nSPS) is 10.8. The summed E-state index contributed by atoms with van der Waals surface area (Å²) in [5.41, 5.74) is 2.40. The Morgan fingerprint density at radius 2 is 2.00 bits per heavy atom. The lowest BCUT2D eigenvalue weighted by molar-refractivity contribution is 0.185. The molecule has 0 amide bonds. The molecule has 3 heteroatoms. The second-order valence-electron chi connectivity index (χ2n) is 4.17. The Hall–Kier alpha value is -1.06. The first-order valence-corrected chi connectivity index (χ1v) is 5.69. The summed E-state index contributed by atoms with van der Waals surface area (Å²) in [4.78, 5) is 2.20. The summed E-state index contributed by atoms with van der Waals surface area (Å²) >= 11 is 0.